The topological polar surface area (TPSA) is 78.8 Å². The van der Waals surface area contributed by atoms with Crippen molar-refractivity contribution in [3.63, 3.8) is 0 Å². The minimum absolute atomic E-state index is 0.287. The maximum Gasteiger partial charge on any atom is 0.282 e. The Morgan fingerprint density at radius 1 is 0.939 bits per heavy atom. The van der Waals surface area contributed by atoms with Crippen molar-refractivity contribution in [3.05, 3.63) is 88.2 Å². The van der Waals surface area contributed by atoms with Gasteiger partial charge in [-0.25, -0.2) is 4.98 Å². The third-order valence-electron chi connectivity index (χ3n) is 5.46. The van der Waals surface area contributed by atoms with E-state index < -0.39 is 0 Å². The molecule has 5 aromatic rings. The largest absolute Gasteiger partial charge is 0.496 e. The molecule has 0 aliphatic carbocycles. The van der Waals surface area contributed by atoms with E-state index in [9.17, 15) is 4.79 Å². The molecular formula is C26H21N3O4. The van der Waals surface area contributed by atoms with Gasteiger partial charge >= 0.3 is 0 Å². The summed E-state index contributed by atoms with van der Waals surface area (Å²) < 4.78 is 18.1. The van der Waals surface area contributed by atoms with Crippen LogP contribution in [0.5, 0.6) is 11.5 Å². The van der Waals surface area contributed by atoms with Gasteiger partial charge in [0, 0.05) is 0 Å². The summed E-state index contributed by atoms with van der Waals surface area (Å²) in [5, 5.41) is 5.76. The molecule has 0 aliphatic rings. The molecule has 33 heavy (non-hydrogen) atoms. The average molecular weight is 439 g/mol. The van der Waals surface area contributed by atoms with Crippen LogP contribution in [0, 0.1) is 6.92 Å². The highest BCUT2D eigenvalue weighted by molar-refractivity contribution is 5.88. The normalized spacial score (nSPS) is 11.5. The average Bonchev–Trinajstić information content (AvgIpc) is 3.28. The number of methoxy groups -OCH3 is 2. The van der Waals surface area contributed by atoms with Crippen molar-refractivity contribution >= 4 is 28.1 Å². The SMILES string of the molecule is COc1ccc(C=Nn2c(-c3cc4c(OC)cccc4o3)nc3ccccc3c2=O)cc1C. The zero-order chi connectivity index (χ0) is 22.9. The molecule has 0 saturated carbocycles. The lowest BCUT2D eigenvalue weighted by Gasteiger charge is -2.08. The van der Waals surface area contributed by atoms with E-state index in [4.69, 9.17) is 18.9 Å². The van der Waals surface area contributed by atoms with Crippen molar-refractivity contribution in [3.8, 4) is 23.1 Å². The minimum atomic E-state index is -0.287. The Morgan fingerprint density at radius 3 is 2.55 bits per heavy atom. The molecule has 0 unspecified atom stereocenters. The number of furan rings is 1. The quantitative estimate of drug-likeness (QED) is 0.360. The van der Waals surface area contributed by atoms with Gasteiger partial charge in [0.2, 0.25) is 5.82 Å². The van der Waals surface area contributed by atoms with Gasteiger partial charge in [0.05, 0.1) is 36.7 Å². The van der Waals surface area contributed by atoms with E-state index >= 15 is 0 Å². The number of nitrogens with zero attached hydrogens (tertiary/aromatic N) is 3. The molecule has 0 amide bonds. The summed E-state index contributed by atoms with van der Waals surface area (Å²) in [7, 11) is 3.23. The molecule has 0 N–H and O–H groups in total. The van der Waals surface area contributed by atoms with Crippen LogP contribution in [0.3, 0.4) is 0 Å². The monoisotopic (exact) mass is 439 g/mol. The molecule has 3 aromatic carbocycles. The Bertz CT molecular complexity index is 1580. The number of para-hydroxylation sites is 1. The van der Waals surface area contributed by atoms with E-state index in [1.165, 1.54) is 4.68 Å². The molecule has 0 spiro atoms. The molecule has 7 nitrogen and oxygen atoms in total. The van der Waals surface area contributed by atoms with Crippen LogP contribution in [0.1, 0.15) is 11.1 Å². The predicted molar refractivity (Wildman–Crippen MR) is 128 cm³/mol. The summed E-state index contributed by atoms with van der Waals surface area (Å²) in [6.07, 6.45) is 1.62. The first-order chi connectivity index (χ1) is 16.1. The summed E-state index contributed by atoms with van der Waals surface area (Å²) in [6.45, 7) is 1.95. The fraction of sp³-hybridized carbons (Fsp3) is 0.115. The van der Waals surface area contributed by atoms with E-state index in [1.54, 1.807) is 38.6 Å². The molecule has 164 valence electrons. The van der Waals surface area contributed by atoms with Gasteiger partial charge in [-0.2, -0.15) is 9.78 Å². The van der Waals surface area contributed by atoms with Crippen LogP contribution in [0.2, 0.25) is 0 Å². The third-order valence-corrected chi connectivity index (χ3v) is 5.46. The number of hydrogen-bond donors (Lipinski definition) is 0. The van der Waals surface area contributed by atoms with Gasteiger partial charge < -0.3 is 13.9 Å². The molecule has 0 aliphatic heterocycles. The standard InChI is InChI=1S/C26H21N3O4/c1-16-13-17(11-12-21(16)31-2)15-27-29-25(28-20-8-5-4-7-18(20)26(29)30)24-14-19-22(32-3)9-6-10-23(19)33-24/h4-15H,1-3H3. The fourth-order valence-electron chi connectivity index (χ4n) is 3.82. The molecular weight excluding hydrogens is 418 g/mol. The Kier molecular flexibility index (Phi) is 5.14. The summed E-state index contributed by atoms with van der Waals surface area (Å²) in [5.41, 5.74) is 2.70. The van der Waals surface area contributed by atoms with Crippen LogP contribution in [-0.2, 0) is 0 Å². The van der Waals surface area contributed by atoms with E-state index in [-0.39, 0.29) is 5.56 Å². The molecule has 5 rings (SSSR count). The smallest absolute Gasteiger partial charge is 0.282 e. The van der Waals surface area contributed by atoms with Gasteiger partial charge in [0.15, 0.2) is 5.76 Å². The van der Waals surface area contributed by atoms with Crippen LogP contribution >= 0.6 is 0 Å². The Morgan fingerprint density at radius 2 is 1.76 bits per heavy atom. The van der Waals surface area contributed by atoms with Crippen LogP contribution in [-0.4, -0.2) is 30.1 Å². The second-order valence-corrected chi connectivity index (χ2v) is 7.53. The molecule has 0 fully saturated rings. The second-order valence-electron chi connectivity index (χ2n) is 7.53. The van der Waals surface area contributed by atoms with Crippen molar-refractivity contribution < 1.29 is 13.9 Å². The number of hydrogen-bond acceptors (Lipinski definition) is 6. The number of rotatable bonds is 5. The van der Waals surface area contributed by atoms with Crippen molar-refractivity contribution in [1.82, 2.24) is 9.66 Å². The Labute approximate surface area is 189 Å². The highest BCUT2D eigenvalue weighted by Gasteiger charge is 2.17. The summed E-state index contributed by atoms with van der Waals surface area (Å²) >= 11 is 0. The molecule has 0 bridgehead atoms. The first-order valence-corrected chi connectivity index (χ1v) is 10.4. The highest BCUT2D eigenvalue weighted by Crippen LogP contribution is 2.32. The van der Waals surface area contributed by atoms with Gasteiger partial charge in [0.25, 0.3) is 5.56 Å². The number of ether oxygens (including phenoxy) is 2. The first-order valence-electron chi connectivity index (χ1n) is 10.4. The lowest BCUT2D eigenvalue weighted by Crippen LogP contribution is -2.20. The maximum atomic E-state index is 13.4. The molecule has 0 radical (unpaired) electrons. The van der Waals surface area contributed by atoms with Crippen molar-refractivity contribution in [1.29, 1.82) is 0 Å². The molecule has 2 heterocycles. The zero-order valence-electron chi connectivity index (χ0n) is 18.4. The Hall–Kier alpha value is -4.39. The number of benzene rings is 3. The van der Waals surface area contributed by atoms with Gasteiger partial charge in [-0.15, -0.1) is 0 Å². The van der Waals surface area contributed by atoms with E-state index in [0.29, 0.717) is 33.8 Å². The van der Waals surface area contributed by atoms with Crippen LogP contribution < -0.4 is 15.0 Å². The van der Waals surface area contributed by atoms with Crippen LogP contribution in [0.4, 0.5) is 0 Å². The maximum absolute atomic E-state index is 13.4. The van der Waals surface area contributed by atoms with E-state index in [1.807, 2.05) is 55.5 Å². The first kappa shape index (κ1) is 20.5. The van der Waals surface area contributed by atoms with Crippen LogP contribution in [0.15, 0.2) is 81.0 Å². The summed E-state index contributed by atoms with van der Waals surface area (Å²) in [5.74, 6) is 2.18. The summed E-state index contributed by atoms with van der Waals surface area (Å²) in [6, 6.07) is 20.2. The molecule has 2 aromatic heterocycles. The van der Waals surface area contributed by atoms with Gasteiger partial charge in [-0.1, -0.05) is 18.2 Å². The van der Waals surface area contributed by atoms with E-state index in [2.05, 4.69) is 5.10 Å². The molecule has 0 atom stereocenters. The van der Waals surface area contributed by atoms with Gasteiger partial charge in [-0.05, 0) is 66.6 Å². The van der Waals surface area contributed by atoms with Gasteiger partial charge in [-0.3, -0.25) is 4.79 Å². The lowest BCUT2D eigenvalue weighted by molar-refractivity contribution is 0.411. The summed E-state index contributed by atoms with van der Waals surface area (Å²) in [4.78, 5) is 18.1. The lowest BCUT2D eigenvalue weighted by atomic mass is 10.1. The minimum Gasteiger partial charge on any atom is -0.496 e. The fourth-order valence-corrected chi connectivity index (χ4v) is 3.82. The Balaban J connectivity index is 1.71. The molecule has 0 saturated heterocycles. The van der Waals surface area contributed by atoms with Crippen LogP contribution in [0.25, 0.3) is 33.5 Å². The zero-order valence-corrected chi connectivity index (χ0v) is 18.4. The number of aromatic nitrogens is 2. The molecule has 7 heteroatoms. The highest BCUT2D eigenvalue weighted by atomic mass is 16.5. The third kappa shape index (κ3) is 3.63. The second kappa shape index (κ2) is 8.27. The van der Waals surface area contributed by atoms with Crippen molar-refractivity contribution in [2.45, 2.75) is 6.92 Å². The predicted octanol–water partition coefficient (Wildman–Crippen LogP) is 5.02. The van der Waals surface area contributed by atoms with Gasteiger partial charge in [0.1, 0.15) is 17.1 Å². The van der Waals surface area contributed by atoms with Crippen molar-refractivity contribution in [2.24, 2.45) is 5.10 Å². The number of fused-ring (bicyclic) bond motifs is 2. The number of aryl methyl sites for hydroxylation is 1. The van der Waals surface area contributed by atoms with Crippen molar-refractivity contribution in [2.75, 3.05) is 14.2 Å². The van der Waals surface area contributed by atoms with E-state index in [0.717, 1.165) is 22.3 Å².